The molecule has 10 nitrogen and oxygen atoms in total. The lowest BCUT2D eigenvalue weighted by atomic mass is 9.99. The fraction of sp³-hybridized carbons (Fsp3) is 0.297. The van der Waals surface area contributed by atoms with Crippen molar-refractivity contribution in [2.24, 2.45) is 0 Å². The summed E-state index contributed by atoms with van der Waals surface area (Å²) in [5.74, 6) is -1.33. The van der Waals surface area contributed by atoms with E-state index >= 15 is 0 Å². The van der Waals surface area contributed by atoms with Gasteiger partial charge in [-0.2, -0.15) is 0 Å². The molecule has 3 atom stereocenters. The highest BCUT2D eigenvalue weighted by Gasteiger charge is 2.55. The highest BCUT2D eigenvalue weighted by molar-refractivity contribution is 8.00. The molecule has 5 rings (SSSR count). The van der Waals surface area contributed by atoms with E-state index in [1.165, 1.54) is 40.9 Å². The molecule has 0 aromatic heterocycles. The second-order valence-electron chi connectivity index (χ2n) is 12.4. The van der Waals surface area contributed by atoms with E-state index in [1.807, 2.05) is 79.7 Å². The van der Waals surface area contributed by atoms with Crippen molar-refractivity contribution in [2.75, 3.05) is 5.75 Å². The van der Waals surface area contributed by atoms with E-state index in [9.17, 15) is 24.3 Å². The number of esters is 1. The molecule has 0 saturated carbocycles. The van der Waals surface area contributed by atoms with Crippen LogP contribution in [0.1, 0.15) is 63.0 Å². The SMILES string of the molecule is C/C=C\CC1=C(C(=O)OC(c2ccccc2)c2ccccc2)N2C(=O)C(NC(=O)C(NC(=O)OC(C)(C)C)c3ccc(O)cc3)[C@@H]2SC1. The minimum absolute atomic E-state index is 0.0136. The van der Waals surface area contributed by atoms with Crippen molar-refractivity contribution in [2.45, 2.75) is 63.3 Å². The Hall–Kier alpha value is -5.03. The summed E-state index contributed by atoms with van der Waals surface area (Å²) in [6, 6.07) is 22.4. The summed E-state index contributed by atoms with van der Waals surface area (Å²) < 4.78 is 11.6. The molecule has 0 radical (unpaired) electrons. The molecule has 2 aliphatic rings. The van der Waals surface area contributed by atoms with Gasteiger partial charge in [0.25, 0.3) is 5.91 Å². The summed E-state index contributed by atoms with van der Waals surface area (Å²) in [5.41, 5.74) is 2.05. The number of nitrogens with zero attached hydrogens (tertiary/aromatic N) is 1. The number of fused-ring (bicyclic) bond motifs is 1. The first-order valence-corrected chi connectivity index (χ1v) is 16.7. The number of phenolic OH excluding ortho intramolecular Hbond substituents is 1. The van der Waals surface area contributed by atoms with E-state index < -0.39 is 53.0 Å². The number of β-lactam (4-membered cyclic amide) rings is 1. The van der Waals surface area contributed by atoms with Crippen LogP contribution in [0.25, 0.3) is 0 Å². The van der Waals surface area contributed by atoms with Crippen LogP contribution >= 0.6 is 11.8 Å². The maximum Gasteiger partial charge on any atom is 0.408 e. The number of benzene rings is 3. The van der Waals surface area contributed by atoms with Gasteiger partial charge in [0.2, 0.25) is 5.91 Å². The maximum atomic E-state index is 14.1. The normalized spacial score (nSPS) is 18.2. The van der Waals surface area contributed by atoms with Gasteiger partial charge in [0.15, 0.2) is 6.10 Å². The first-order valence-electron chi connectivity index (χ1n) is 15.6. The molecule has 3 N–H and O–H groups in total. The Bertz CT molecular complexity index is 1660. The summed E-state index contributed by atoms with van der Waals surface area (Å²) in [4.78, 5) is 55.7. The fourth-order valence-electron chi connectivity index (χ4n) is 5.46. The minimum Gasteiger partial charge on any atom is -0.508 e. The Labute approximate surface area is 284 Å². The summed E-state index contributed by atoms with van der Waals surface area (Å²) >= 11 is 1.44. The van der Waals surface area contributed by atoms with Crippen molar-refractivity contribution in [1.82, 2.24) is 15.5 Å². The summed E-state index contributed by atoms with van der Waals surface area (Å²) in [6.45, 7) is 6.99. The molecular formula is C37H39N3O7S. The lowest BCUT2D eigenvalue weighted by Gasteiger charge is -2.50. The first-order chi connectivity index (χ1) is 23.0. The Morgan fingerprint density at radius 3 is 2.12 bits per heavy atom. The Morgan fingerprint density at radius 2 is 1.56 bits per heavy atom. The monoisotopic (exact) mass is 669 g/mol. The number of hydrogen-bond donors (Lipinski definition) is 3. The van der Waals surface area contributed by atoms with Crippen molar-refractivity contribution in [3.8, 4) is 5.75 Å². The van der Waals surface area contributed by atoms with Gasteiger partial charge in [0, 0.05) is 5.75 Å². The highest BCUT2D eigenvalue weighted by atomic mass is 32.2. The zero-order chi connectivity index (χ0) is 34.4. The maximum absolute atomic E-state index is 14.1. The number of alkyl carbamates (subject to hydrolysis) is 1. The second-order valence-corrected chi connectivity index (χ2v) is 13.5. The molecular weight excluding hydrogens is 630 g/mol. The molecule has 250 valence electrons. The van der Waals surface area contributed by atoms with Crippen LogP contribution < -0.4 is 10.6 Å². The third-order valence-corrected chi connectivity index (χ3v) is 9.06. The number of allylic oxidation sites excluding steroid dienone is 2. The first kappa shape index (κ1) is 34.3. The summed E-state index contributed by atoms with van der Waals surface area (Å²) in [6.07, 6.45) is 2.72. The van der Waals surface area contributed by atoms with Gasteiger partial charge in [-0.1, -0.05) is 84.9 Å². The van der Waals surface area contributed by atoms with E-state index in [2.05, 4.69) is 10.6 Å². The number of amides is 3. The van der Waals surface area contributed by atoms with Crippen LogP contribution in [0.5, 0.6) is 5.75 Å². The van der Waals surface area contributed by atoms with Crippen molar-refractivity contribution in [1.29, 1.82) is 0 Å². The average Bonchev–Trinajstić information content (AvgIpc) is 3.07. The van der Waals surface area contributed by atoms with Crippen molar-refractivity contribution < 1.29 is 33.8 Å². The van der Waals surface area contributed by atoms with E-state index in [0.717, 1.165) is 16.7 Å². The largest absolute Gasteiger partial charge is 0.508 e. The van der Waals surface area contributed by atoms with E-state index in [0.29, 0.717) is 17.7 Å². The fourth-order valence-corrected chi connectivity index (χ4v) is 6.83. The zero-order valence-corrected chi connectivity index (χ0v) is 28.0. The predicted octanol–water partition coefficient (Wildman–Crippen LogP) is 5.91. The van der Waals surface area contributed by atoms with Crippen molar-refractivity contribution in [3.63, 3.8) is 0 Å². The van der Waals surface area contributed by atoms with Gasteiger partial charge < -0.3 is 25.2 Å². The van der Waals surface area contributed by atoms with Crippen LogP contribution in [-0.2, 0) is 23.9 Å². The minimum atomic E-state index is -1.22. The molecule has 0 bridgehead atoms. The number of thioether (sulfide) groups is 1. The van der Waals surface area contributed by atoms with Gasteiger partial charge >= 0.3 is 12.1 Å². The lowest BCUT2D eigenvalue weighted by molar-refractivity contribution is -0.154. The van der Waals surface area contributed by atoms with Crippen LogP contribution in [0, 0.1) is 0 Å². The quantitative estimate of drug-likeness (QED) is 0.138. The average molecular weight is 670 g/mol. The molecule has 2 unspecified atom stereocenters. The van der Waals surface area contributed by atoms with E-state index in [4.69, 9.17) is 9.47 Å². The molecule has 0 aliphatic carbocycles. The van der Waals surface area contributed by atoms with Crippen LogP contribution in [-0.4, -0.2) is 56.7 Å². The van der Waals surface area contributed by atoms with Gasteiger partial charge in [0.1, 0.15) is 34.5 Å². The number of phenols is 1. The summed E-state index contributed by atoms with van der Waals surface area (Å²) in [7, 11) is 0. The third-order valence-electron chi connectivity index (χ3n) is 7.72. The number of carbonyl (C=O) groups is 4. The van der Waals surface area contributed by atoms with E-state index in [-0.39, 0.29) is 11.4 Å². The number of aromatic hydroxyl groups is 1. The molecule has 11 heteroatoms. The Kier molecular flexibility index (Phi) is 10.6. The van der Waals surface area contributed by atoms with Gasteiger partial charge in [-0.25, -0.2) is 9.59 Å². The molecule has 3 aromatic rings. The number of carbonyl (C=O) groups excluding carboxylic acids is 4. The molecule has 1 fully saturated rings. The molecule has 3 amide bonds. The standard InChI is InChI=1S/C37H39N3O7S/c1-5-6-13-26-22-48-34-29(38-32(42)28(23-18-20-27(41)21-19-23)39-36(45)47-37(2,3)4)33(43)40(34)30(26)35(44)46-31(24-14-9-7-10-15-24)25-16-11-8-12-17-25/h5-12,14-21,28-29,31,34,41H,13,22H2,1-4H3,(H,38,42)(H,39,45)/b6-5-/t28?,29?,34-/m0/s1. The molecule has 0 spiro atoms. The van der Waals surface area contributed by atoms with Gasteiger partial charge in [-0.3, -0.25) is 14.5 Å². The molecule has 1 saturated heterocycles. The molecule has 2 aliphatic heterocycles. The number of hydrogen-bond acceptors (Lipinski definition) is 8. The van der Waals surface area contributed by atoms with Crippen molar-refractivity contribution in [3.05, 3.63) is 125 Å². The van der Waals surface area contributed by atoms with Crippen molar-refractivity contribution >= 4 is 35.6 Å². The smallest absolute Gasteiger partial charge is 0.408 e. The predicted molar refractivity (Wildman–Crippen MR) is 183 cm³/mol. The lowest BCUT2D eigenvalue weighted by Crippen LogP contribution is -2.71. The second kappa shape index (κ2) is 14.8. The highest BCUT2D eigenvalue weighted by Crippen LogP contribution is 2.42. The molecule has 3 aromatic carbocycles. The topological polar surface area (TPSA) is 134 Å². The van der Waals surface area contributed by atoms with Gasteiger partial charge in [-0.05, 0) is 68.5 Å². The molecule has 48 heavy (non-hydrogen) atoms. The third kappa shape index (κ3) is 7.91. The van der Waals surface area contributed by atoms with Crippen LogP contribution in [0.4, 0.5) is 4.79 Å². The van der Waals surface area contributed by atoms with Gasteiger partial charge in [-0.15, -0.1) is 11.8 Å². The van der Waals surface area contributed by atoms with E-state index in [1.54, 1.807) is 20.8 Å². The van der Waals surface area contributed by atoms with Gasteiger partial charge in [0.05, 0.1) is 0 Å². The Morgan fingerprint density at radius 1 is 0.958 bits per heavy atom. The van der Waals surface area contributed by atoms with Crippen LogP contribution in [0.15, 0.2) is 108 Å². The summed E-state index contributed by atoms with van der Waals surface area (Å²) in [5, 5.41) is 14.6. The Balaban J connectivity index is 1.39. The zero-order valence-electron chi connectivity index (χ0n) is 27.2. The number of nitrogens with one attached hydrogen (secondary N) is 2. The molecule has 2 heterocycles. The number of ether oxygens (including phenoxy) is 2. The van der Waals surface area contributed by atoms with Crippen LogP contribution in [0.3, 0.4) is 0 Å². The number of rotatable bonds is 10. The van der Waals surface area contributed by atoms with Crippen LogP contribution in [0.2, 0.25) is 0 Å².